The highest BCUT2D eigenvalue weighted by Crippen LogP contribution is 2.31. The molecule has 27 heavy (non-hydrogen) atoms. The van der Waals surface area contributed by atoms with Crippen LogP contribution in [0, 0.1) is 0 Å². The Morgan fingerprint density at radius 3 is 2.70 bits per heavy atom. The number of hydrogen-bond acceptors (Lipinski definition) is 3. The third-order valence-electron chi connectivity index (χ3n) is 4.60. The van der Waals surface area contributed by atoms with E-state index in [2.05, 4.69) is 13.0 Å². The molecule has 4 nitrogen and oxygen atoms in total. The lowest BCUT2D eigenvalue weighted by atomic mass is 10.1. The number of rotatable bonds is 16. The first-order chi connectivity index (χ1) is 13.0. The van der Waals surface area contributed by atoms with Gasteiger partial charge in [-0.25, -0.2) is 4.39 Å². The highest BCUT2D eigenvalue weighted by Gasteiger charge is 2.42. The zero-order valence-corrected chi connectivity index (χ0v) is 16.5. The lowest BCUT2D eigenvalue weighted by molar-refractivity contribution is -0.137. The molecule has 1 rings (SSSR count). The average Bonchev–Trinajstić information content (AvgIpc) is 3.40. The van der Waals surface area contributed by atoms with Crippen LogP contribution in [0.25, 0.3) is 0 Å². The van der Waals surface area contributed by atoms with Crippen LogP contribution in [0.2, 0.25) is 0 Å². The summed E-state index contributed by atoms with van der Waals surface area (Å²) in [5.74, 6) is -0.955. The number of ether oxygens (including phenoxy) is 1. The molecule has 0 aromatic heterocycles. The molecule has 0 aliphatic carbocycles. The fourth-order valence-electron chi connectivity index (χ4n) is 2.92. The maximum atomic E-state index is 13.7. The van der Waals surface area contributed by atoms with Crippen molar-refractivity contribution in [3.05, 3.63) is 36.2 Å². The molecule has 154 valence electrons. The Balaban J connectivity index is 2.09. The minimum absolute atomic E-state index is 0.0349. The molecule has 1 aliphatic heterocycles. The van der Waals surface area contributed by atoms with Gasteiger partial charge in [-0.2, -0.15) is 0 Å². The second-order valence-electron chi connectivity index (χ2n) is 7.11. The molecule has 0 bridgehead atoms. The van der Waals surface area contributed by atoms with Gasteiger partial charge in [0, 0.05) is 12.8 Å². The lowest BCUT2D eigenvalue weighted by Crippen LogP contribution is -2.13. The summed E-state index contributed by atoms with van der Waals surface area (Å²) in [7, 11) is 0. The third kappa shape index (κ3) is 12.5. The molecule has 3 atom stereocenters. The van der Waals surface area contributed by atoms with Crippen molar-refractivity contribution in [1.29, 1.82) is 0 Å². The van der Waals surface area contributed by atoms with Crippen LogP contribution < -0.4 is 0 Å². The molecule has 0 amide bonds. The number of aliphatic carboxylic acids is 1. The maximum absolute atomic E-state index is 13.7. The topological polar surface area (TPSA) is 70.1 Å². The van der Waals surface area contributed by atoms with E-state index < -0.39 is 12.1 Å². The van der Waals surface area contributed by atoms with Gasteiger partial charge in [-0.1, -0.05) is 56.9 Å². The number of carboxylic acids is 1. The van der Waals surface area contributed by atoms with Gasteiger partial charge in [0.1, 0.15) is 18.0 Å². The number of carbonyl (C=O) groups is 1. The molecule has 0 aromatic carbocycles. The van der Waals surface area contributed by atoms with E-state index in [1.807, 2.05) is 6.08 Å². The van der Waals surface area contributed by atoms with E-state index in [1.165, 1.54) is 19.3 Å². The summed E-state index contributed by atoms with van der Waals surface area (Å²) >= 11 is 0. The number of carboxylic acid groups (broad SMARTS) is 1. The number of aliphatic hydroxyl groups excluding tert-OH is 1. The lowest BCUT2D eigenvalue weighted by Gasteiger charge is -2.01. The number of halogens is 1. The summed E-state index contributed by atoms with van der Waals surface area (Å²) in [4.78, 5) is 10.4. The summed E-state index contributed by atoms with van der Waals surface area (Å²) in [6, 6.07) is 0. The summed E-state index contributed by atoms with van der Waals surface area (Å²) < 4.78 is 19.1. The van der Waals surface area contributed by atoms with Crippen molar-refractivity contribution in [2.45, 2.75) is 95.9 Å². The van der Waals surface area contributed by atoms with Gasteiger partial charge in [0.2, 0.25) is 0 Å². The second-order valence-corrected chi connectivity index (χ2v) is 7.11. The molecule has 3 unspecified atom stereocenters. The quantitative estimate of drug-likeness (QED) is 0.211. The molecule has 5 heteroatoms. The van der Waals surface area contributed by atoms with Crippen molar-refractivity contribution in [2.75, 3.05) is 0 Å². The van der Waals surface area contributed by atoms with Gasteiger partial charge in [-0.05, 0) is 38.2 Å². The highest BCUT2D eigenvalue weighted by molar-refractivity contribution is 5.66. The maximum Gasteiger partial charge on any atom is 0.303 e. The molecular weight excluding hydrogens is 347 g/mol. The molecule has 1 fully saturated rings. The zero-order valence-electron chi connectivity index (χ0n) is 16.5. The highest BCUT2D eigenvalue weighted by atomic mass is 19.1. The van der Waals surface area contributed by atoms with Crippen LogP contribution in [0.5, 0.6) is 0 Å². The Kier molecular flexibility index (Phi) is 12.7. The minimum Gasteiger partial charge on any atom is -0.481 e. The number of epoxide rings is 1. The molecule has 1 aliphatic rings. The summed E-state index contributed by atoms with van der Waals surface area (Å²) in [6.07, 6.45) is 17.0. The summed E-state index contributed by atoms with van der Waals surface area (Å²) in [5, 5.41) is 18.6. The Labute approximate surface area is 162 Å². The molecule has 0 aromatic rings. The van der Waals surface area contributed by atoms with Gasteiger partial charge in [-0.3, -0.25) is 4.79 Å². The fourth-order valence-corrected chi connectivity index (χ4v) is 2.92. The molecule has 2 N–H and O–H groups in total. The van der Waals surface area contributed by atoms with E-state index in [0.29, 0.717) is 12.8 Å². The Bertz CT molecular complexity index is 499. The van der Waals surface area contributed by atoms with Crippen molar-refractivity contribution < 1.29 is 24.1 Å². The second kappa shape index (κ2) is 14.6. The number of allylic oxidation sites excluding steroid dienone is 5. The molecule has 1 heterocycles. The van der Waals surface area contributed by atoms with Gasteiger partial charge in [0.25, 0.3) is 0 Å². The smallest absolute Gasteiger partial charge is 0.303 e. The first-order valence-electron chi connectivity index (χ1n) is 10.3. The Morgan fingerprint density at radius 1 is 1.15 bits per heavy atom. The Morgan fingerprint density at radius 2 is 1.96 bits per heavy atom. The summed E-state index contributed by atoms with van der Waals surface area (Å²) in [5.41, 5.74) is 0. The van der Waals surface area contributed by atoms with Crippen LogP contribution in [-0.2, 0) is 9.53 Å². The first-order valence-corrected chi connectivity index (χ1v) is 10.3. The molecule has 0 radical (unpaired) electrons. The van der Waals surface area contributed by atoms with Crippen LogP contribution in [0.3, 0.4) is 0 Å². The van der Waals surface area contributed by atoms with Gasteiger partial charge in [0.05, 0.1) is 6.10 Å². The SMILES string of the molecule is CCCCC/C=C\C/C=C(/F)C/C=C\C(O)C1OC1CCCCCC(=O)O. The van der Waals surface area contributed by atoms with Crippen LogP contribution in [0.15, 0.2) is 36.2 Å². The fraction of sp³-hybridized carbons (Fsp3) is 0.682. The molecule has 1 saturated heterocycles. The molecule has 0 saturated carbocycles. The Hall–Kier alpha value is -1.46. The van der Waals surface area contributed by atoms with Crippen molar-refractivity contribution in [3.63, 3.8) is 0 Å². The standard InChI is InChI=1S/C22H35FO4/c1-2-3-4-5-6-7-9-13-18(23)14-12-15-19(24)22-20(27-22)16-10-8-11-17-21(25)26/h6-7,12-13,15,19-20,22,24H,2-5,8-11,14,16-17H2,1H3,(H,25,26)/b7-6-,15-12-,18-13+. The van der Waals surface area contributed by atoms with E-state index in [-0.39, 0.29) is 30.9 Å². The van der Waals surface area contributed by atoms with Crippen molar-refractivity contribution in [1.82, 2.24) is 0 Å². The average molecular weight is 383 g/mol. The number of hydrogen-bond donors (Lipinski definition) is 2. The summed E-state index contributed by atoms with van der Waals surface area (Å²) in [6.45, 7) is 2.17. The van der Waals surface area contributed by atoms with Crippen molar-refractivity contribution >= 4 is 5.97 Å². The van der Waals surface area contributed by atoms with Crippen LogP contribution in [0.1, 0.15) is 77.6 Å². The van der Waals surface area contributed by atoms with Crippen LogP contribution >= 0.6 is 0 Å². The van der Waals surface area contributed by atoms with E-state index in [9.17, 15) is 14.3 Å². The number of aliphatic hydroxyl groups is 1. The largest absolute Gasteiger partial charge is 0.481 e. The van der Waals surface area contributed by atoms with Gasteiger partial charge < -0.3 is 14.9 Å². The van der Waals surface area contributed by atoms with Crippen molar-refractivity contribution in [2.24, 2.45) is 0 Å². The third-order valence-corrected chi connectivity index (χ3v) is 4.60. The van der Waals surface area contributed by atoms with Gasteiger partial charge >= 0.3 is 5.97 Å². The first kappa shape index (κ1) is 23.6. The number of unbranched alkanes of at least 4 members (excludes halogenated alkanes) is 5. The van der Waals surface area contributed by atoms with Gasteiger partial charge in [0.15, 0.2) is 0 Å². The predicted molar refractivity (Wildman–Crippen MR) is 106 cm³/mol. The van der Waals surface area contributed by atoms with E-state index in [4.69, 9.17) is 9.84 Å². The zero-order chi connectivity index (χ0) is 19.9. The normalized spacial score (nSPS) is 21.2. The van der Waals surface area contributed by atoms with E-state index >= 15 is 0 Å². The van der Waals surface area contributed by atoms with E-state index in [0.717, 1.165) is 25.7 Å². The van der Waals surface area contributed by atoms with Crippen LogP contribution in [-0.4, -0.2) is 34.5 Å². The molecular formula is C22H35FO4. The van der Waals surface area contributed by atoms with Gasteiger partial charge in [-0.15, -0.1) is 0 Å². The minimum atomic E-state index is -0.764. The molecule has 0 spiro atoms. The monoisotopic (exact) mass is 382 g/mol. The van der Waals surface area contributed by atoms with Crippen molar-refractivity contribution in [3.8, 4) is 0 Å². The van der Waals surface area contributed by atoms with Crippen LogP contribution in [0.4, 0.5) is 4.39 Å². The predicted octanol–water partition coefficient (Wildman–Crippen LogP) is 5.48. The van der Waals surface area contributed by atoms with E-state index in [1.54, 1.807) is 18.2 Å².